The van der Waals surface area contributed by atoms with Crippen molar-refractivity contribution < 1.29 is 55.5 Å². The first-order chi connectivity index (χ1) is 21.6. The van der Waals surface area contributed by atoms with E-state index in [4.69, 9.17) is 18.9 Å². The highest BCUT2D eigenvalue weighted by molar-refractivity contribution is 5.96. The smallest absolute Gasteiger partial charge is 0.383 e. The number of halogens is 6. The number of anilines is 4. The van der Waals surface area contributed by atoms with Gasteiger partial charge in [0.25, 0.3) is 0 Å². The number of rotatable bonds is 16. The summed E-state index contributed by atoms with van der Waals surface area (Å²) < 4.78 is 103. The van der Waals surface area contributed by atoms with Gasteiger partial charge in [0.05, 0.1) is 52.6 Å². The van der Waals surface area contributed by atoms with Crippen LogP contribution in [0.4, 0.5) is 49.9 Å². The maximum atomic E-state index is 13.6. The molecule has 0 unspecified atom stereocenters. The summed E-state index contributed by atoms with van der Waals surface area (Å²) in [5.41, 5.74) is -6.15. The molecule has 0 radical (unpaired) electrons. The molecule has 2 saturated heterocycles. The fourth-order valence-corrected chi connectivity index (χ4v) is 4.94. The molecular weight excluding hydrogens is 634 g/mol. The third-order valence-electron chi connectivity index (χ3n) is 7.77. The van der Waals surface area contributed by atoms with Crippen LogP contribution in [0.25, 0.3) is 11.0 Å². The molecule has 0 amide bonds. The predicted octanol–water partition coefficient (Wildman–Crippen LogP) is 0.845. The summed E-state index contributed by atoms with van der Waals surface area (Å²) in [7, 11) is 5.88. The Kier molecular flexibility index (Phi) is 10.9. The second kappa shape index (κ2) is 14.0. The van der Waals surface area contributed by atoms with Crippen LogP contribution in [0.15, 0.2) is 0 Å². The molecule has 2 fully saturated rings. The van der Waals surface area contributed by atoms with E-state index in [-0.39, 0.29) is 87.2 Å². The Bertz CT molecular complexity index is 1210. The number of nitrogens with zero attached hydrogens (tertiary/aromatic N) is 8. The highest BCUT2D eigenvalue weighted by Gasteiger charge is 2.63. The van der Waals surface area contributed by atoms with Crippen LogP contribution >= 0.6 is 0 Å². The van der Waals surface area contributed by atoms with Gasteiger partial charge in [0.15, 0.2) is 22.8 Å². The fourth-order valence-electron chi connectivity index (χ4n) is 4.94. The van der Waals surface area contributed by atoms with Gasteiger partial charge in [-0.05, 0) is 0 Å². The molecule has 0 aliphatic carbocycles. The Balaban J connectivity index is 1.93. The van der Waals surface area contributed by atoms with Gasteiger partial charge in [-0.2, -0.15) is 36.3 Å². The lowest BCUT2D eigenvalue weighted by atomic mass is 9.93. The van der Waals surface area contributed by atoms with E-state index in [2.05, 4.69) is 19.9 Å². The number of methoxy groups -OCH3 is 4. The summed E-state index contributed by atoms with van der Waals surface area (Å²) in [5, 5.41) is 20.5. The summed E-state index contributed by atoms with van der Waals surface area (Å²) in [6.45, 7) is -1.76. The second-order valence-corrected chi connectivity index (χ2v) is 11.1. The lowest BCUT2D eigenvalue weighted by Gasteiger charge is -2.48. The van der Waals surface area contributed by atoms with E-state index in [0.29, 0.717) is 0 Å². The van der Waals surface area contributed by atoms with Gasteiger partial charge in [0, 0.05) is 54.6 Å². The van der Waals surface area contributed by atoms with Crippen LogP contribution in [-0.2, 0) is 18.9 Å². The van der Waals surface area contributed by atoms with E-state index in [1.54, 1.807) is 9.80 Å². The molecule has 0 bridgehead atoms. The van der Waals surface area contributed by atoms with Crippen molar-refractivity contribution in [3.05, 3.63) is 0 Å². The average Bonchev–Trinajstić information content (AvgIpc) is 2.96. The Morgan fingerprint density at radius 1 is 0.587 bits per heavy atom. The van der Waals surface area contributed by atoms with Crippen molar-refractivity contribution in [1.82, 2.24) is 19.9 Å². The van der Waals surface area contributed by atoms with Crippen molar-refractivity contribution in [3.8, 4) is 0 Å². The summed E-state index contributed by atoms with van der Waals surface area (Å²) in [6, 6.07) is 0. The first-order valence-corrected chi connectivity index (χ1v) is 14.2. The molecule has 0 atom stereocenters. The van der Waals surface area contributed by atoms with Crippen LogP contribution in [0.5, 0.6) is 0 Å². The highest BCUT2D eigenvalue weighted by atomic mass is 19.4. The minimum atomic E-state index is -4.93. The first-order valence-electron chi connectivity index (χ1n) is 14.2. The Morgan fingerprint density at radius 3 is 1.11 bits per heavy atom. The minimum absolute atomic E-state index is 0.00104. The van der Waals surface area contributed by atoms with Gasteiger partial charge in [-0.1, -0.05) is 0 Å². The largest absolute Gasteiger partial charge is 0.420 e. The third-order valence-corrected chi connectivity index (χ3v) is 7.77. The van der Waals surface area contributed by atoms with Gasteiger partial charge in [0.2, 0.25) is 11.9 Å². The van der Waals surface area contributed by atoms with Gasteiger partial charge in [-0.25, -0.2) is 9.97 Å². The number of ether oxygens (including phenoxy) is 4. The molecule has 4 heterocycles. The molecule has 2 aliphatic heterocycles. The van der Waals surface area contributed by atoms with Gasteiger partial charge < -0.3 is 48.8 Å². The summed E-state index contributed by atoms with van der Waals surface area (Å²) in [4.78, 5) is 23.9. The van der Waals surface area contributed by atoms with E-state index in [1.165, 1.54) is 38.2 Å². The SMILES string of the molecule is COCCN(CCOC)c1nc(N2CC(O)(C(F)(F)F)C2)c2nc(N(CCOC)CCOC)nc(N3CC(O)(C(F)(F)F)C3)c2n1. The molecule has 0 aromatic carbocycles. The van der Waals surface area contributed by atoms with Crippen LogP contribution < -0.4 is 19.6 Å². The van der Waals surface area contributed by atoms with E-state index in [9.17, 15) is 36.6 Å². The zero-order valence-corrected chi connectivity index (χ0v) is 25.9. The summed E-state index contributed by atoms with van der Waals surface area (Å²) >= 11 is 0. The lowest BCUT2D eigenvalue weighted by molar-refractivity contribution is -0.267. The van der Waals surface area contributed by atoms with E-state index >= 15 is 0 Å². The highest BCUT2D eigenvalue weighted by Crippen LogP contribution is 2.44. The van der Waals surface area contributed by atoms with Crippen LogP contribution in [0.3, 0.4) is 0 Å². The molecule has 14 nitrogen and oxygen atoms in total. The lowest BCUT2D eigenvalue weighted by Crippen LogP contribution is -2.70. The molecule has 2 aliphatic rings. The van der Waals surface area contributed by atoms with Crippen molar-refractivity contribution in [3.63, 3.8) is 0 Å². The van der Waals surface area contributed by atoms with Crippen LogP contribution in [-0.4, -0.2) is 161 Å². The van der Waals surface area contributed by atoms with Crippen molar-refractivity contribution in [2.75, 3.05) is 127 Å². The molecular formula is C26H38F6N8O6. The number of hydrogen-bond donors (Lipinski definition) is 2. The molecule has 260 valence electrons. The van der Waals surface area contributed by atoms with Gasteiger partial charge >= 0.3 is 12.4 Å². The minimum Gasteiger partial charge on any atom is -0.383 e. The van der Waals surface area contributed by atoms with Crippen LogP contribution in [0.1, 0.15) is 0 Å². The third kappa shape index (κ3) is 7.25. The summed E-state index contributed by atoms with van der Waals surface area (Å²) in [6.07, 6.45) is -9.86. The number of aromatic nitrogens is 4. The molecule has 2 N–H and O–H groups in total. The van der Waals surface area contributed by atoms with Crippen LogP contribution in [0, 0.1) is 0 Å². The number of hydrogen-bond acceptors (Lipinski definition) is 14. The van der Waals surface area contributed by atoms with E-state index < -0.39 is 49.7 Å². The maximum Gasteiger partial charge on any atom is 0.420 e. The van der Waals surface area contributed by atoms with E-state index in [1.807, 2.05) is 0 Å². The number of aliphatic hydroxyl groups is 2. The monoisotopic (exact) mass is 672 g/mol. The zero-order chi connectivity index (χ0) is 33.9. The summed E-state index contributed by atoms with van der Waals surface area (Å²) in [5.74, 6) is -0.190. The fraction of sp³-hybridized carbons (Fsp3) is 0.769. The number of β-amino-alcohol motifs (C(OH)–C–C–N with tert-alkyl or cyclic N) is 2. The zero-order valence-electron chi connectivity index (χ0n) is 25.9. The van der Waals surface area contributed by atoms with Crippen molar-refractivity contribution in [2.45, 2.75) is 23.6 Å². The Labute approximate surface area is 260 Å². The Hall–Kier alpha value is -3.04. The topological polar surface area (TPSA) is 142 Å². The number of alkyl halides is 6. The van der Waals surface area contributed by atoms with Crippen molar-refractivity contribution in [2.24, 2.45) is 0 Å². The van der Waals surface area contributed by atoms with Gasteiger partial charge in [-0.15, -0.1) is 0 Å². The molecule has 4 rings (SSSR count). The molecule has 0 saturated carbocycles. The van der Waals surface area contributed by atoms with Crippen molar-refractivity contribution in [1.29, 1.82) is 0 Å². The molecule has 20 heteroatoms. The predicted molar refractivity (Wildman–Crippen MR) is 153 cm³/mol. The number of fused-ring (bicyclic) bond motifs is 1. The van der Waals surface area contributed by atoms with Gasteiger partial charge in [0.1, 0.15) is 11.0 Å². The molecule has 46 heavy (non-hydrogen) atoms. The molecule has 0 spiro atoms. The van der Waals surface area contributed by atoms with Crippen LogP contribution in [0.2, 0.25) is 0 Å². The van der Waals surface area contributed by atoms with E-state index in [0.717, 1.165) is 0 Å². The standard InChI is InChI=1S/C26H38F6N8O6/c1-43-9-5-37(6-10-44-2)21-33-17-18(19(35-21)39-13-23(41,14-39)25(27,28)29)34-22(38(7-11-45-3)8-12-46-4)36-20(17)40-15-24(42,16-40)26(30,31)32/h41-42H,5-16H2,1-4H3. The van der Waals surface area contributed by atoms with Crippen molar-refractivity contribution >= 4 is 34.6 Å². The maximum absolute atomic E-state index is 13.6. The second-order valence-electron chi connectivity index (χ2n) is 11.1. The van der Waals surface area contributed by atoms with Gasteiger partial charge in [-0.3, -0.25) is 0 Å². The average molecular weight is 673 g/mol. The first kappa shape index (κ1) is 35.8. The Morgan fingerprint density at radius 2 is 0.870 bits per heavy atom. The molecule has 2 aromatic heterocycles. The molecule has 2 aromatic rings. The quantitative estimate of drug-likeness (QED) is 0.243. The normalized spacial score (nSPS) is 17.7.